The van der Waals surface area contributed by atoms with E-state index in [-0.39, 0.29) is 0 Å². The Morgan fingerprint density at radius 3 is 2.89 bits per heavy atom. The smallest absolute Gasteiger partial charge is 0.101 e. The summed E-state index contributed by atoms with van der Waals surface area (Å²) in [6.45, 7) is 3.49. The second kappa shape index (κ2) is 6.42. The van der Waals surface area contributed by atoms with Crippen LogP contribution in [-0.2, 0) is 4.74 Å². The van der Waals surface area contributed by atoms with Gasteiger partial charge in [-0.25, -0.2) is 0 Å². The van der Waals surface area contributed by atoms with Crippen molar-refractivity contribution in [2.24, 2.45) is 0 Å². The highest BCUT2D eigenvalue weighted by atomic mass is 16.5. The lowest BCUT2D eigenvalue weighted by molar-refractivity contribution is 0.0659. The van der Waals surface area contributed by atoms with Gasteiger partial charge in [-0.3, -0.25) is 0 Å². The highest BCUT2D eigenvalue weighted by molar-refractivity contribution is 5.62. The number of nitriles is 1. The van der Waals surface area contributed by atoms with Gasteiger partial charge in [-0.2, -0.15) is 5.26 Å². The second-order valence-corrected chi connectivity index (χ2v) is 4.81. The Kier molecular flexibility index (Phi) is 4.60. The van der Waals surface area contributed by atoms with Crippen LogP contribution in [0.3, 0.4) is 0 Å². The van der Waals surface area contributed by atoms with Crippen molar-refractivity contribution in [2.75, 3.05) is 18.5 Å². The number of nitrogens with zero attached hydrogens (tertiary/aromatic N) is 1. The average molecular weight is 244 g/mol. The minimum atomic E-state index is 0.458. The van der Waals surface area contributed by atoms with E-state index in [1.54, 1.807) is 0 Å². The monoisotopic (exact) mass is 244 g/mol. The SMILES string of the molecule is Cc1cccc(C#N)c1NCCOC1CCCC1. The fraction of sp³-hybridized carbons (Fsp3) is 0.533. The van der Waals surface area contributed by atoms with Crippen molar-refractivity contribution in [1.82, 2.24) is 0 Å². The van der Waals surface area contributed by atoms with Crippen LogP contribution < -0.4 is 5.32 Å². The van der Waals surface area contributed by atoms with Crippen LogP contribution in [0.25, 0.3) is 0 Å². The third-order valence-electron chi connectivity index (χ3n) is 3.45. The number of benzene rings is 1. The number of ether oxygens (including phenoxy) is 1. The molecule has 0 heterocycles. The number of nitrogens with one attached hydrogen (secondary N) is 1. The highest BCUT2D eigenvalue weighted by Crippen LogP contribution is 2.21. The molecule has 1 aromatic rings. The predicted molar refractivity (Wildman–Crippen MR) is 72.6 cm³/mol. The summed E-state index contributed by atoms with van der Waals surface area (Å²) in [5, 5.41) is 12.4. The van der Waals surface area contributed by atoms with Gasteiger partial charge in [-0.15, -0.1) is 0 Å². The summed E-state index contributed by atoms with van der Waals surface area (Å²) in [5.41, 5.74) is 2.75. The molecular formula is C15H20N2O. The third kappa shape index (κ3) is 3.24. The molecule has 1 N–H and O–H groups in total. The molecule has 0 aromatic heterocycles. The van der Waals surface area contributed by atoms with Crippen molar-refractivity contribution in [3.63, 3.8) is 0 Å². The number of aryl methyl sites for hydroxylation is 1. The predicted octanol–water partition coefficient (Wildman–Crippen LogP) is 3.24. The summed E-state index contributed by atoms with van der Waals surface area (Å²) in [5.74, 6) is 0. The Bertz CT molecular complexity index is 431. The normalized spacial score (nSPS) is 15.6. The van der Waals surface area contributed by atoms with E-state index in [9.17, 15) is 0 Å². The minimum absolute atomic E-state index is 0.458. The molecule has 0 bridgehead atoms. The molecule has 1 saturated carbocycles. The van der Waals surface area contributed by atoms with Crippen LogP contribution in [0.4, 0.5) is 5.69 Å². The van der Waals surface area contributed by atoms with Crippen molar-refractivity contribution >= 4 is 5.69 Å². The Hall–Kier alpha value is -1.53. The van der Waals surface area contributed by atoms with Crippen LogP contribution >= 0.6 is 0 Å². The van der Waals surface area contributed by atoms with Crippen molar-refractivity contribution in [3.8, 4) is 6.07 Å². The molecule has 0 saturated heterocycles. The highest BCUT2D eigenvalue weighted by Gasteiger charge is 2.14. The standard InChI is InChI=1S/C15H20N2O/c1-12-5-4-6-13(11-16)15(12)17-9-10-18-14-7-2-3-8-14/h4-6,14,17H,2-3,7-10H2,1H3. The van der Waals surface area contributed by atoms with Gasteiger partial charge in [0.1, 0.15) is 6.07 Å². The van der Waals surface area contributed by atoms with E-state index >= 15 is 0 Å². The molecule has 1 aliphatic rings. The van der Waals surface area contributed by atoms with Gasteiger partial charge in [0.05, 0.1) is 24.0 Å². The van der Waals surface area contributed by atoms with Gasteiger partial charge in [0.15, 0.2) is 0 Å². The average Bonchev–Trinajstić information content (AvgIpc) is 2.89. The van der Waals surface area contributed by atoms with Crippen molar-refractivity contribution < 1.29 is 4.74 Å². The first-order valence-corrected chi connectivity index (χ1v) is 6.66. The lowest BCUT2D eigenvalue weighted by atomic mass is 10.1. The first kappa shape index (κ1) is 12.9. The molecule has 0 atom stereocenters. The van der Waals surface area contributed by atoms with Crippen LogP contribution in [0.1, 0.15) is 36.8 Å². The maximum absolute atomic E-state index is 9.05. The van der Waals surface area contributed by atoms with Crippen LogP contribution in [0.15, 0.2) is 18.2 Å². The molecule has 1 fully saturated rings. The molecule has 3 heteroatoms. The van der Waals surface area contributed by atoms with E-state index in [2.05, 4.69) is 11.4 Å². The van der Waals surface area contributed by atoms with E-state index in [4.69, 9.17) is 10.00 Å². The van der Waals surface area contributed by atoms with Gasteiger partial charge in [-0.05, 0) is 31.4 Å². The van der Waals surface area contributed by atoms with Gasteiger partial charge in [0.2, 0.25) is 0 Å². The summed E-state index contributed by atoms with van der Waals surface area (Å²) in [6, 6.07) is 7.98. The van der Waals surface area contributed by atoms with E-state index in [1.807, 2.05) is 25.1 Å². The third-order valence-corrected chi connectivity index (χ3v) is 3.45. The van der Waals surface area contributed by atoms with E-state index in [0.29, 0.717) is 18.3 Å². The van der Waals surface area contributed by atoms with Crippen LogP contribution in [0.2, 0.25) is 0 Å². The Labute approximate surface area is 109 Å². The largest absolute Gasteiger partial charge is 0.381 e. The molecule has 0 aliphatic heterocycles. The summed E-state index contributed by atoms with van der Waals surface area (Å²) >= 11 is 0. The molecule has 0 spiro atoms. The van der Waals surface area contributed by atoms with Crippen molar-refractivity contribution in [3.05, 3.63) is 29.3 Å². The molecule has 18 heavy (non-hydrogen) atoms. The van der Waals surface area contributed by atoms with Crippen LogP contribution in [0.5, 0.6) is 0 Å². The number of hydrogen-bond donors (Lipinski definition) is 1. The first-order chi connectivity index (χ1) is 8.81. The van der Waals surface area contributed by atoms with E-state index < -0.39 is 0 Å². The quantitative estimate of drug-likeness (QED) is 0.809. The molecule has 0 unspecified atom stereocenters. The van der Waals surface area contributed by atoms with E-state index in [1.165, 1.54) is 25.7 Å². The van der Waals surface area contributed by atoms with Crippen LogP contribution in [0, 0.1) is 18.3 Å². The molecule has 0 radical (unpaired) electrons. The Morgan fingerprint density at radius 2 is 2.17 bits per heavy atom. The molecule has 96 valence electrons. The van der Waals surface area contributed by atoms with Gasteiger partial charge in [-0.1, -0.05) is 25.0 Å². The van der Waals surface area contributed by atoms with Crippen molar-refractivity contribution in [2.45, 2.75) is 38.7 Å². The number of anilines is 1. The summed E-state index contributed by atoms with van der Waals surface area (Å²) in [7, 11) is 0. The zero-order valence-electron chi connectivity index (χ0n) is 10.9. The lowest BCUT2D eigenvalue weighted by Crippen LogP contribution is -2.16. The molecule has 2 rings (SSSR count). The molecule has 1 aliphatic carbocycles. The van der Waals surface area contributed by atoms with Gasteiger partial charge in [0.25, 0.3) is 0 Å². The van der Waals surface area contributed by atoms with Crippen molar-refractivity contribution in [1.29, 1.82) is 5.26 Å². The van der Waals surface area contributed by atoms with Gasteiger partial charge >= 0.3 is 0 Å². The minimum Gasteiger partial charge on any atom is -0.381 e. The first-order valence-electron chi connectivity index (χ1n) is 6.66. The number of para-hydroxylation sites is 1. The number of rotatable bonds is 5. The fourth-order valence-electron chi connectivity index (χ4n) is 2.45. The summed E-state index contributed by atoms with van der Waals surface area (Å²) < 4.78 is 5.79. The maximum Gasteiger partial charge on any atom is 0.101 e. The lowest BCUT2D eigenvalue weighted by Gasteiger charge is -2.14. The summed E-state index contributed by atoms with van der Waals surface area (Å²) in [6.07, 6.45) is 5.46. The fourth-order valence-corrected chi connectivity index (χ4v) is 2.45. The Morgan fingerprint density at radius 1 is 1.39 bits per heavy atom. The maximum atomic E-state index is 9.05. The van der Waals surface area contributed by atoms with Gasteiger partial charge < -0.3 is 10.1 Å². The number of hydrogen-bond acceptors (Lipinski definition) is 3. The molecular weight excluding hydrogens is 224 g/mol. The Balaban J connectivity index is 1.81. The topological polar surface area (TPSA) is 45.0 Å². The zero-order chi connectivity index (χ0) is 12.8. The summed E-state index contributed by atoms with van der Waals surface area (Å²) in [4.78, 5) is 0. The zero-order valence-corrected chi connectivity index (χ0v) is 10.9. The molecule has 3 nitrogen and oxygen atoms in total. The molecule has 0 amide bonds. The molecule has 1 aromatic carbocycles. The second-order valence-electron chi connectivity index (χ2n) is 4.81. The van der Waals surface area contributed by atoms with Gasteiger partial charge in [0, 0.05) is 6.54 Å². The van der Waals surface area contributed by atoms with Crippen LogP contribution in [-0.4, -0.2) is 19.3 Å². The van der Waals surface area contributed by atoms with E-state index in [0.717, 1.165) is 17.8 Å².